The molecule has 2 heterocycles. The molecule has 2 unspecified atom stereocenters. The topological polar surface area (TPSA) is 80.0 Å². The van der Waals surface area contributed by atoms with E-state index in [4.69, 9.17) is 16.1 Å². The number of nitrogens with one attached hydrogen (secondary N) is 2. The molecule has 1 saturated heterocycles. The minimum Gasteiger partial charge on any atom is -0.346 e. The van der Waals surface area contributed by atoms with Crippen molar-refractivity contribution in [1.29, 1.82) is 0 Å². The average molecular weight is 367 g/mol. The monoisotopic (exact) mass is 366 g/mol. The maximum atomic E-state index is 12.1. The zero-order valence-corrected chi connectivity index (χ0v) is 14.9. The third kappa shape index (κ3) is 4.49. The second-order valence-electron chi connectivity index (χ2n) is 5.68. The van der Waals surface area contributed by atoms with Crippen molar-refractivity contribution in [3.8, 4) is 11.5 Å². The summed E-state index contributed by atoms with van der Waals surface area (Å²) in [5, 5.41) is 10.9. The smallest absolute Gasteiger partial charge is 0.257 e. The third-order valence-electron chi connectivity index (χ3n) is 3.73. The second kappa shape index (κ2) is 8.00. The molecule has 0 spiro atoms. The molecule has 24 heavy (non-hydrogen) atoms. The van der Waals surface area contributed by atoms with Crippen molar-refractivity contribution < 1.29 is 9.32 Å². The SMILES string of the molecule is CC(NC(=O)CC1CSCCN1)c1noc(-c2ccc(Cl)cc2)n1. The number of halogens is 1. The van der Waals surface area contributed by atoms with Crippen molar-refractivity contribution in [2.75, 3.05) is 18.1 Å². The van der Waals surface area contributed by atoms with Gasteiger partial charge in [0.1, 0.15) is 0 Å². The fourth-order valence-corrected chi connectivity index (χ4v) is 3.54. The Morgan fingerprint density at radius 2 is 2.29 bits per heavy atom. The van der Waals surface area contributed by atoms with Gasteiger partial charge in [-0.1, -0.05) is 16.8 Å². The van der Waals surface area contributed by atoms with E-state index in [1.54, 1.807) is 12.1 Å². The van der Waals surface area contributed by atoms with Gasteiger partial charge in [-0.2, -0.15) is 16.7 Å². The van der Waals surface area contributed by atoms with Crippen molar-refractivity contribution in [1.82, 2.24) is 20.8 Å². The van der Waals surface area contributed by atoms with Gasteiger partial charge in [-0.3, -0.25) is 4.79 Å². The molecule has 1 aromatic carbocycles. The van der Waals surface area contributed by atoms with Crippen LogP contribution in [0.15, 0.2) is 28.8 Å². The van der Waals surface area contributed by atoms with Crippen molar-refractivity contribution >= 4 is 29.3 Å². The van der Waals surface area contributed by atoms with Gasteiger partial charge in [0.2, 0.25) is 5.91 Å². The molecule has 1 aliphatic rings. The number of carbonyl (C=O) groups is 1. The van der Waals surface area contributed by atoms with Crippen molar-refractivity contribution in [2.24, 2.45) is 0 Å². The van der Waals surface area contributed by atoms with Crippen LogP contribution in [0.25, 0.3) is 11.5 Å². The van der Waals surface area contributed by atoms with Gasteiger partial charge in [-0.25, -0.2) is 0 Å². The minimum absolute atomic E-state index is 0.0136. The Hall–Kier alpha value is -1.57. The van der Waals surface area contributed by atoms with E-state index in [9.17, 15) is 4.79 Å². The second-order valence-corrected chi connectivity index (χ2v) is 7.27. The summed E-state index contributed by atoms with van der Waals surface area (Å²) in [6.07, 6.45) is 0.458. The number of rotatable bonds is 5. The largest absolute Gasteiger partial charge is 0.346 e. The van der Waals surface area contributed by atoms with E-state index in [1.807, 2.05) is 30.8 Å². The van der Waals surface area contributed by atoms with E-state index in [2.05, 4.69) is 20.8 Å². The van der Waals surface area contributed by atoms with E-state index >= 15 is 0 Å². The van der Waals surface area contributed by atoms with Gasteiger partial charge in [0, 0.05) is 41.1 Å². The Bertz CT molecular complexity index is 686. The standard InChI is InChI=1S/C16H19ClN4O2S/c1-10(19-14(22)8-13-9-24-7-6-18-13)15-20-16(23-21-15)11-2-4-12(17)5-3-11/h2-5,10,13,18H,6-9H2,1H3,(H,19,22). The van der Waals surface area contributed by atoms with Gasteiger partial charge < -0.3 is 15.2 Å². The van der Waals surface area contributed by atoms with Crippen LogP contribution in [0.2, 0.25) is 5.02 Å². The van der Waals surface area contributed by atoms with Crippen molar-refractivity contribution in [3.63, 3.8) is 0 Å². The molecule has 0 saturated carbocycles. The highest BCUT2D eigenvalue weighted by molar-refractivity contribution is 7.99. The summed E-state index contributed by atoms with van der Waals surface area (Å²) in [4.78, 5) is 16.5. The van der Waals surface area contributed by atoms with Gasteiger partial charge >= 0.3 is 0 Å². The van der Waals surface area contributed by atoms with Crippen molar-refractivity contribution in [2.45, 2.75) is 25.4 Å². The first-order valence-corrected chi connectivity index (χ1v) is 9.35. The van der Waals surface area contributed by atoms with Crippen LogP contribution in [0.1, 0.15) is 25.2 Å². The van der Waals surface area contributed by atoms with Gasteiger partial charge in [-0.05, 0) is 31.2 Å². The highest BCUT2D eigenvalue weighted by Crippen LogP contribution is 2.21. The number of aromatic nitrogens is 2. The lowest BCUT2D eigenvalue weighted by Gasteiger charge is -2.23. The molecule has 2 atom stereocenters. The van der Waals surface area contributed by atoms with Crippen LogP contribution < -0.4 is 10.6 Å². The lowest BCUT2D eigenvalue weighted by Crippen LogP contribution is -2.41. The Labute approximate surface area is 149 Å². The highest BCUT2D eigenvalue weighted by atomic mass is 35.5. The van der Waals surface area contributed by atoms with E-state index in [0.717, 1.165) is 23.6 Å². The molecule has 0 radical (unpaired) electrons. The number of hydrogen-bond donors (Lipinski definition) is 2. The average Bonchev–Trinajstić information content (AvgIpc) is 3.06. The summed E-state index contributed by atoms with van der Waals surface area (Å²) in [6.45, 7) is 2.80. The summed E-state index contributed by atoms with van der Waals surface area (Å²) in [5.41, 5.74) is 0.792. The molecule has 2 N–H and O–H groups in total. The number of carbonyl (C=O) groups excluding carboxylic acids is 1. The molecule has 128 valence electrons. The number of hydrogen-bond acceptors (Lipinski definition) is 6. The summed E-state index contributed by atoms with van der Waals surface area (Å²) >= 11 is 7.74. The third-order valence-corrected chi connectivity index (χ3v) is 5.11. The Morgan fingerprint density at radius 3 is 3.00 bits per heavy atom. The van der Waals surface area contributed by atoms with Gasteiger partial charge in [0.15, 0.2) is 5.82 Å². The Morgan fingerprint density at radius 1 is 1.50 bits per heavy atom. The van der Waals surface area contributed by atoms with Gasteiger partial charge in [0.25, 0.3) is 5.89 Å². The predicted molar refractivity (Wildman–Crippen MR) is 95.0 cm³/mol. The molecular weight excluding hydrogens is 348 g/mol. The summed E-state index contributed by atoms with van der Waals surface area (Å²) in [5.74, 6) is 2.92. The van der Waals surface area contributed by atoms with Crippen LogP contribution in [0.5, 0.6) is 0 Å². The van der Waals surface area contributed by atoms with Gasteiger partial charge in [0.05, 0.1) is 6.04 Å². The van der Waals surface area contributed by atoms with Crippen LogP contribution in [-0.2, 0) is 4.79 Å². The fraction of sp³-hybridized carbons (Fsp3) is 0.438. The molecule has 1 fully saturated rings. The van der Waals surface area contributed by atoms with E-state index in [-0.39, 0.29) is 18.0 Å². The molecule has 3 rings (SSSR count). The minimum atomic E-state index is -0.307. The summed E-state index contributed by atoms with van der Waals surface area (Å²) < 4.78 is 5.27. The normalized spacial score (nSPS) is 19.0. The number of nitrogens with zero attached hydrogens (tertiary/aromatic N) is 2. The van der Waals surface area contributed by atoms with Crippen LogP contribution in [-0.4, -0.2) is 40.1 Å². The predicted octanol–water partition coefficient (Wildman–Crippen LogP) is 2.66. The molecule has 8 heteroatoms. The highest BCUT2D eigenvalue weighted by Gasteiger charge is 2.20. The van der Waals surface area contributed by atoms with Crippen LogP contribution in [0.4, 0.5) is 0 Å². The van der Waals surface area contributed by atoms with E-state index < -0.39 is 0 Å². The summed E-state index contributed by atoms with van der Waals surface area (Å²) in [6, 6.07) is 7.08. The molecule has 1 amide bonds. The molecule has 0 aliphatic carbocycles. The maximum Gasteiger partial charge on any atom is 0.257 e. The molecular formula is C16H19ClN4O2S. The van der Waals surface area contributed by atoms with Crippen molar-refractivity contribution in [3.05, 3.63) is 35.1 Å². The zero-order valence-electron chi connectivity index (χ0n) is 13.3. The Balaban J connectivity index is 1.57. The fourth-order valence-electron chi connectivity index (χ4n) is 2.46. The molecule has 1 aliphatic heterocycles. The molecule has 1 aromatic heterocycles. The molecule has 0 bridgehead atoms. The van der Waals surface area contributed by atoms with Crippen LogP contribution in [0, 0.1) is 0 Å². The zero-order chi connectivity index (χ0) is 16.9. The maximum absolute atomic E-state index is 12.1. The number of benzene rings is 1. The first kappa shape index (κ1) is 17.3. The van der Waals surface area contributed by atoms with E-state index in [0.29, 0.717) is 23.2 Å². The molecule has 6 nitrogen and oxygen atoms in total. The van der Waals surface area contributed by atoms with Crippen LogP contribution in [0.3, 0.4) is 0 Å². The number of amides is 1. The van der Waals surface area contributed by atoms with E-state index in [1.165, 1.54) is 0 Å². The number of thioether (sulfide) groups is 1. The van der Waals surface area contributed by atoms with Crippen LogP contribution >= 0.6 is 23.4 Å². The quantitative estimate of drug-likeness (QED) is 0.846. The summed E-state index contributed by atoms with van der Waals surface area (Å²) in [7, 11) is 0. The molecule has 2 aromatic rings. The lowest BCUT2D eigenvalue weighted by molar-refractivity contribution is -0.122. The Kier molecular flexibility index (Phi) is 5.76. The first-order chi connectivity index (χ1) is 11.6. The lowest BCUT2D eigenvalue weighted by atomic mass is 10.2. The first-order valence-electron chi connectivity index (χ1n) is 7.82. The van der Waals surface area contributed by atoms with Gasteiger partial charge in [-0.15, -0.1) is 0 Å².